The molecule has 1 fully saturated rings. The number of hydrogen-bond acceptors (Lipinski definition) is 4. The lowest BCUT2D eigenvalue weighted by Gasteiger charge is -2.25. The van der Waals surface area contributed by atoms with Crippen LogP contribution in [0.1, 0.15) is 12.0 Å². The summed E-state index contributed by atoms with van der Waals surface area (Å²) in [6.07, 6.45) is 4.77. The van der Waals surface area contributed by atoms with E-state index in [1.807, 2.05) is 30.5 Å². The van der Waals surface area contributed by atoms with E-state index < -0.39 is 0 Å². The predicted octanol–water partition coefficient (Wildman–Crippen LogP) is 3.43. The Bertz CT molecular complexity index is 695. The fraction of sp³-hybridized carbons (Fsp3) is 0.294. The molecule has 0 bridgehead atoms. The lowest BCUT2D eigenvalue weighted by Crippen LogP contribution is -2.31. The van der Waals surface area contributed by atoms with Gasteiger partial charge < -0.3 is 9.80 Å². The lowest BCUT2D eigenvalue weighted by atomic mass is 10.1. The summed E-state index contributed by atoms with van der Waals surface area (Å²) in [5.41, 5.74) is 2.93. The summed E-state index contributed by atoms with van der Waals surface area (Å²) in [5.74, 6) is 0. The highest BCUT2D eigenvalue weighted by Crippen LogP contribution is 2.24. The van der Waals surface area contributed by atoms with Gasteiger partial charge in [0.25, 0.3) is 0 Å². The van der Waals surface area contributed by atoms with Crippen molar-refractivity contribution in [3.8, 4) is 6.07 Å². The van der Waals surface area contributed by atoms with E-state index in [9.17, 15) is 5.26 Å². The van der Waals surface area contributed by atoms with Crippen molar-refractivity contribution in [1.82, 2.24) is 4.98 Å². The summed E-state index contributed by atoms with van der Waals surface area (Å²) in [7, 11) is 0. The summed E-state index contributed by atoms with van der Waals surface area (Å²) < 4.78 is 1.00. The minimum atomic E-state index is 0.750. The molecule has 4 nitrogen and oxygen atoms in total. The topological polar surface area (TPSA) is 43.2 Å². The first-order valence-corrected chi connectivity index (χ1v) is 8.17. The van der Waals surface area contributed by atoms with Crippen molar-refractivity contribution in [2.45, 2.75) is 6.42 Å². The van der Waals surface area contributed by atoms with Crippen LogP contribution in [0, 0.1) is 11.3 Å². The predicted molar refractivity (Wildman–Crippen MR) is 92.1 cm³/mol. The molecule has 112 valence electrons. The van der Waals surface area contributed by atoms with Gasteiger partial charge in [0.15, 0.2) is 0 Å². The van der Waals surface area contributed by atoms with Crippen molar-refractivity contribution < 1.29 is 0 Å². The average Bonchev–Trinajstić information content (AvgIpc) is 2.81. The maximum absolute atomic E-state index is 9.28. The third-order valence-corrected chi connectivity index (χ3v) is 4.35. The number of nitriles is 1. The van der Waals surface area contributed by atoms with Crippen LogP contribution in [0.5, 0.6) is 0 Å². The van der Waals surface area contributed by atoms with E-state index in [0.717, 1.165) is 54.0 Å². The normalized spacial score (nSPS) is 15.3. The van der Waals surface area contributed by atoms with E-state index in [2.05, 4.69) is 42.8 Å². The van der Waals surface area contributed by atoms with E-state index >= 15 is 0 Å². The van der Waals surface area contributed by atoms with Crippen LogP contribution in [-0.2, 0) is 0 Å². The van der Waals surface area contributed by atoms with Crippen molar-refractivity contribution in [3.63, 3.8) is 0 Å². The molecule has 0 aliphatic carbocycles. The van der Waals surface area contributed by atoms with Crippen LogP contribution in [0.4, 0.5) is 11.4 Å². The first-order chi connectivity index (χ1) is 10.8. The minimum absolute atomic E-state index is 0.750. The Labute approximate surface area is 139 Å². The number of pyridine rings is 1. The maximum atomic E-state index is 9.28. The Hall–Kier alpha value is -2.06. The van der Waals surface area contributed by atoms with E-state index in [1.54, 1.807) is 6.20 Å². The number of nitrogens with zero attached hydrogens (tertiary/aromatic N) is 4. The molecule has 0 unspecified atom stereocenters. The molecule has 2 heterocycles. The molecule has 3 rings (SSSR count). The van der Waals surface area contributed by atoms with Gasteiger partial charge in [-0.05, 0) is 40.5 Å². The molecule has 1 aromatic heterocycles. The first kappa shape index (κ1) is 14.9. The first-order valence-electron chi connectivity index (χ1n) is 7.37. The third-order valence-electron chi connectivity index (χ3n) is 3.92. The van der Waals surface area contributed by atoms with Crippen molar-refractivity contribution >= 4 is 27.3 Å². The smallest absolute Gasteiger partial charge is 0.101 e. The second-order valence-corrected chi connectivity index (χ2v) is 6.23. The van der Waals surface area contributed by atoms with Gasteiger partial charge in [-0.2, -0.15) is 5.26 Å². The van der Waals surface area contributed by atoms with Gasteiger partial charge in [-0.1, -0.05) is 12.1 Å². The summed E-state index contributed by atoms with van der Waals surface area (Å²) in [5, 5.41) is 9.28. The maximum Gasteiger partial charge on any atom is 0.101 e. The van der Waals surface area contributed by atoms with Crippen LogP contribution < -0.4 is 9.80 Å². The highest BCUT2D eigenvalue weighted by molar-refractivity contribution is 9.10. The molecule has 0 spiro atoms. The van der Waals surface area contributed by atoms with E-state index in [0.29, 0.717) is 0 Å². The van der Waals surface area contributed by atoms with Gasteiger partial charge in [-0.15, -0.1) is 0 Å². The van der Waals surface area contributed by atoms with Gasteiger partial charge in [-0.3, -0.25) is 4.98 Å². The molecule has 0 saturated carbocycles. The fourth-order valence-corrected chi connectivity index (χ4v) is 3.19. The zero-order valence-corrected chi connectivity index (χ0v) is 13.8. The standard InChI is InChI=1S/C17H17BrN4/c18-15-10-16(13-20-12-15)21-6-3-7-22(9-8-21)17-5-2-1-4-14(17)11-19/h1-2,4-5,10,12-13H,3,6-9H2. The quantitative estimate of drug-likeness (QED) is 0.826. The molecule has 0 atom stereocenters. The summed E-state index contributed by atoms with van der Waals surface area (Å²) in [6, 6.07) is 12.2. The molecule has 2 aromatic rings. The number of anilines is 2. The highest BCUT2D eigenvalue weighted by Gasteiger charge is 2.17. The Kier molecular flexibility index (Phi) is 4.59. The average molecular weight is 357 g/mol. The van der Waals surface area contributed by atoms with Crippen molar-refractivity contribution in [1.29, 1.82) is 5.26 Å². The monoisotopic (exact) mass is 356 g/mol. The van der Waals surface area contributed by atoms with Crippen LogP contribution in [0.2, 0.25) is 0 Å². The molecule has 5 heteroatoms. The van der Waals surface area contributed by atoms with Gasteiger partial charge in [0, 0.05) is 36.8 Å². The van der Waals surface area contributed by atoms with Gasteiger partial charge in [0.1, 0.15) is 6.07 Å². The molecule has 1 aliphatic rings. The molecular weight excluding hydrogens is 340 g/mol. The number of rotatable bonds is 2. The van der Waals surface area contributed by atoms with Crippen LogP contribution in [0.25, 0.3) is 0 Å². The Morgan fingerprint density at radius 2 is 1.82 bits per heavy atom. The lowest BCUT2D eigenvalue weighted by molar-refractivity contribution is 0.804. The minimum Gasteiger partial charge on any atom is -0.369 e. The second-order valence-electron chi connectivity index (χ2n) is 5.32. The summed E-state index contributed by atoms with van der Waals surface area (Å²) in [6.45, 7) is 3.81. The second kappa shape index (κ2) is 6.80. The van der Waals surface area contributed by atoms with Crippen LogP contribution >= 0.6 is 15.9 Å². The molecule has 22 heavy (non-hydrogen) atoms. The van der Waals surface area contributed by atoms with E-state index in [-0.39, 0.29) is 0 Å². The van der Waals surface area contributed by atoms with Gasteiger partial charge in [-0.25, -0.2) is 0 Å². The zero-order valence-electron chi connectivity index (χ0n) is 12.2. The van der Waals surface area contributed by atoms with E-state index in [4.69, 9.17) is 0 Å². The molecule has 1 saturated heterocycles. The van der Waals surface area contributed by atoms with Crippen LogP contribution in [0.3, 0.4) is 0 Å². The molecule has 1 aliphatic heterocycles. The number of hydrogen-bond donors (Lipinski definition) is 0. The molecular formula is C17H17BrN4. The number of para-hydroxylation sites is 1. The van der Waals surface area contributed by atoms with E-state index in [1.165, 1.54) is 0 Å². The van der Waals surface area contributed by atoms with Crippen molar-refractivity contribution in [2.24, 2.45) is 0 Å². The van der Waals surface area contributed by atoms with Gasteiger partial charge >= 0.3 is 0 Å². The Morgan fingerprint density at radius 1 is 1.05 bits per heavy atom. The third kappa shape index (κ3) is 3.23. The summed E-state index contributed by atoms with van der Waals surface area (Å²) >= 11 is 3.48. The zero-order chi connectivity index (χ0) is 15.4. The van der Waals surface area contributed by atoms with Crippen molar-refractivity contribution in [3.05, 3.63) is 52.8 Å². The number of halogens is 1. The van der Waals surface area contributed by atoms with Crippen LogP contribution in [-0.4, -0.2) is 31.2 Å². The molecule has 1 aromatic carbocycles. The highest BCUT2D eigenvalue weighted by atomic mass is 79.9. The SMILES string of the molecule is N#Cc1ccccc1N1CCCN(c2cncc(Br)c2)CC1. The largest absolute Gasteiger partial charge is 0.369 e. The van der Waals surface area contributed by atoms with Gasteiger partial charge in [0.05, 0.1) is 23.1 Å². The molecule has 0 N–H and O–H groups in total. The summed E-state index contributed by atoms with van der Waals surface area (Å²) in [4.78, 5) is 8.91. The Morgan fingerprint density at radius 3 is 2.64 bits per heavy atom. The van der Waals surface area contributed by atoms with Crippen molar-refractivity contribution in [2.75, 3.05) is 36.0 Å². The molecule has 0 radical (unpaired) electrons. The molecule has 0 amide bonds. The number of aromatic nitrogens is 1. The van der Waals surface area contributed by atoms with Gasteiger partial charge in [0.2, 0.25) is 0 Å². The number of benzene rings is 1. The van der Waals surface area contributed by atoms with Crippen LogP contribution in [0.15, 0.2) is 47.2 Å². The fourth-order valence-electron chi connectivity index (χ4n) is 2.83. The Balaban J connectivity index is 1.76.